The molecule has 2 unspecified atom stereocenters. The van der Waals surface area contributed by atoms with Gasteiger partial charge < -0.3 is 29.7 Å². The van der Waals surface area contributed by atoms with Crippen LogP contribution in [0.4, 0.5) is 21.5 Å². The third-order valence-electron chi connectivity index (χ3n) is 6.33. The average Bonchev–Trinajstić information content (AvgIpc) is 2.97. The molecule has 2 atom stereocenters. The van der Waals surface area contributed by atoms with Crippen molar-refractivity contribution < 1.29 is 23.4 Å². The maximum atomic E-state index is 13.2. The number of hydrogen-bond donors (Lipinski definition) is 2. The van der Waals surface area contributed by atoms with Crippen molar-refractivity contribution in [3.63, 3.8) is 0 Å². The van der Waals surface area contributed by atoms with Gasteiger partial charge in [-0.2, -0.15) is 0 Å². The Labute approximate surface area is 210 Å². The fraction of sp³-hybridized carbons (Fsp3) is 0.462. The Balaban J connectivity index is 1.51. The third-order valence-corrected chi connectivity index (χ3v) is 6.54. The van der Waals surface area contributed by atoms with E-state index in [1.54, 1.807) is 24.1 Å². The van der Waals surface area contributed by atoms with Gasteiger partial charge in [0.05, 0.1) is 25.1 Å². The Morgan fingerprint density at radius 1 is 1.20 bits per heavy atom. The number of thiocarbonyl (C=S) groups is 1. The zero-order chi connectivity index (χ0) is 24.8. The summed E-state index contributed by atoms with van der Waals surface area (Å²) in [6, 6.07) is 9.82. The number of rotatable bonds is 7. The average molecular weight is 502 g/mol. The Kier molecular flexibility index (Phi) is 8.54. The van der Waals surface area contributed by atoms with E-state index in [-0.39, 0.29) is 23.9 Å². The van der Waals surface area contributed by atoms with Crippen molar-refractivity contribution in [3.8, 4) is 5.75 Å². The number of carbonyl (C=O) groups is 1. The third kappa shape index (κ3) is 6.48. The highest BCUT2D eigenvalue weighted by atomic mass is 32.1. The topological polar surface area (TPSA) is 72.1 Å². The molecule has 0 saturated carbocycles. The van der Waals surface area contributed by atoms with E-state index in [0.717, 1.165) is 50.0 Å². The minimum Gasteiger partial charge on any atom is -0.494 e. The molecule has 7 nitrogen and oxygen atoms in total. The molecular formula is C26H32FN3O4S. The lowest BCUT2D eigenvalue weighted by molar-refractivity contribution is -0.161. The molecule has 1 saturated heterocycles. The van der Waals surface area contributed by atoms with Crippen LogP contribution in [0.25, 0.3) is 0 Å². The minimum atomic E-state index is -0.313. The normalized spacial score (nSPS) is 20.1. The fourth-order valence-electron chi connectivity index (χ4n) is 4.38. The molecule has 0 aliphatic carbocycles. The van der Waals surface area contributed by atoms with Crippen LogP contribution in [0.2, 0.25) is 0 Å². The van der Waals surface area contributed by atoms with Crippen molar-refractivity contribution in [2.45, 2.75) is 45.3 Å². The van der Waals surface area contributed by atoms with Gasteiger partial charge in [0, 0.05) is 30.8 Å². The quantitative estimate of drug-likeness (QED) is 0.512. The molecule has 35 heavy (non-hydrogen) atoms. The molecule has 0 radical (unpaired) electrons. The molecule has 2 aliphatic rings. The van der Waals surface area contributed by atoms with Gasteiger partial charge in [0.2, 0.25) is 5.91 Å². The first-order valence-electron chi connectivity index (χ1n) is 12.0. The molecule has 0 spiro atoms. The van der Waals surface area contributed by atoms with Crippen LogP contribution in [0.1, 0.15) is 38.2 Å². The van der Waals surface area contributed by atoms with Crippen molar-refractivity contribution in [2.75, 3.05) is 42.4 Å². The zero-order valence-corrected chi connectivity index (χ0v) is 21.0. The van der Waals surface area contributed by atoms with Gasteiger partial charge in [-0.05, 0) is 80.2 Å². The summed E-state index contributed by atoms with van der Waals surface area (Å²) >= 11 is 5.46. The second-order valence-electron chi connectivity index (χ2n) is 8.86. The summed E-state index contributed by atoms with van der Waals surface area (Å²) in [7, 11) is 1.58. The van der Waals surface area contributed by atoms with E-state index in [9.17, 15) is 9.18 Å². The number of aryl methyl sites for hydroxylation is 1. The molecule has 2 aliphatic heterocycles. The fourth-order valence-corrected chi connectivity index (χ4v) is 4.61. The summed E-state index contributed by atoms with van der Waals surface area (Å²) < 4.78 is 30.4. The van der Waals surface area contributed by atoms with Crippen LogP contribution in [0.5, 0.6) is 5.75 Å². The standard InChI is InChI=1S/C26H32FN3O4S/c1-17-6-7-18-15-21(29-26(35)28-20-10-8-19(27)9-11-20)23(32-2)16-22(18)30(25(17)31)12-14-34-24-5-3-4-13-33-24/h8-11,15-17,24H,3-7,12-14H2,1-2H3,(H2,28,29,35). The molecule has 188 valence electrons. The number of nitrogens with zero attached hydrogens (tertiary/aromatic N) is 1. The molecule has 2 aromatic rings. The first-order valence-corrected chi connectivity index (χ1v) is 12.4. The number of benzene rings is 2. The molecule has 1 amide bonds. The molecule has 0 bridgehead atoms. The van der Waals surface area contributed by atoms with Crippen molar-refractivity contribution in [1.82, 2.24) is 0 Å². The van der Waals surface area contributed by atoms with Crippen molar-refractivity contribution >= 4 is 40.3 Å². The van der Waals surface area contributed by atoms with Gasteiger partial charge >= 0.3 is 0 Å². The van der Waals surface area contributed by atoms with Gasteiger partial charge in [0.1, 0.15) is 11.6 Å². The van der Waals surface area contributed by atoms with Crippen molar-refractivity contribution in [3.05, 3.63) is 47.8 Å². The summed E-state index contributed by atoms with van der Waals surface area (Å²) in [5.41, 5.74) is 3.22. The molecular weight excluding hydrogens is 469 g/mol. The van der Waals surface area contributed by atoms with E-state index in [4.69, 9.17) is 26.4 Å². The number of ether oxygens (including phenoxy) is 3. The summed E-state index contributed by atoms with van der Waals surface area (Å²) in [6.45, 7) is 3.52. The summed E-state index contributed by atoms with van der Waals surface area (Å²) in [5, 5.41) is 6.58. The Morgan fingerprint density at radius 3 is 2.71 bits per heavy atom. The molecule has 2 N–H and O–H groups in total. The number of hydrogen-bond acceptors (Lipinski definition) is 5. The van der Waals surface area contributed by atoms with Crippen LogP contribution in [0, 0.1) is 11.7 Å². The number of methoxy groups -OCH3 is 1. The summed E-state index contributed by atoms with van der Waals surface area (Å²) in [6.07, 6.45) is 4.35. The second-order valence-corrected chi connectivity index (χ2v) is 9.27. The lowest BCUT2D eigenvalue weighted by Gasteiger charge is -2.28. The van der Waals surface area contributed by atoms with E-state index in [1.165, 1.54) is 12.1 Å². The molecule has 4 rings (SSSR count). The number of fused-ring (bicyclic) bond motifs is 1. The highest BCUT2D eigenvalue weighted by Crippen LogP contribution is 2.37. The van der Waals surface area contributed by atoms with Gasteiger partial charge in [0.15, 0.2) is 11.4 Å². The smallest absolute Gasteiger partial charge is 0.229 e. The molecule has 2 aromatic carbocycles. The maximum absolute atomic E-state index is 13.2. The Morgan fingerprint density at radius 2 is 2.00 bits per heavy atom. The van der Waals surface area contributed by atoms with Crippen LogP contribution in [0.3, 0.4) is 0 Å². The number of anilines is 3. The van der Waals surface area contributed by atoms with Crippen LogP contribution < -0.4 is 20.3 Å². The lowest BCUT2D eigenvalue weighted by atomic mass is 10.0. The number of carbonyl (C=O) groups excluding carboxylic acids is 1. The molecule has 2 heterocycles. The molecule has 9 heteroatoms. The second kappa shape index (κ2) is 11.8. The summed E-state index contributed by atoms with van der Waals surface area (Å²) in [4.78, 5) is 15.0. The van der Waals surface area contributed by atoms with Gasteiger partial charge in [-0.25, -0.2) is 4.39 Å². The maximum Gasteiger partial charge on any atom is 0.229 e. The zero-order valence-electron chi connectivity index (χ0n) is 20.1. The molecule has 0 aromatic heterocycles. The van der Waals surface area contributed by atoms with Crippen LogP contribution in [0.15, 0.2) is 36.4 Å². The van der Waals surface area contributed by atoms with Gasteiger partial charge in [0.25, 0.3) is 0 Å². The van der Waals surface area contributed by atoms with Crippen LogP contribution >= 0.6 is 12.2 Å². The van der Waals surface area contributed by atoms with E-state index in [0.29, 0.717) is 35.4 Å². The lowest BCUT2D eigenvalue weighted by Crippen LogP contribution is -2.38. The number of nitrogens with one attached hydrogen (secondary N) is 2. The first-order chi connectivity index (χ1) is 16.9. The Bertz CT molecular complexity index is 1040. The van der Waals surface area contributed by atoms with Gasteiger partial charge in [-0.3, -0.25) is 4.79 Å². The summed E-state index contributed by atoms with van der Waals surface area (Å²) in [5.74, 6) is 0.230. The predicted molar refractivity (Wildman–Crippen MR) is 139 cm³/mol. The Hall–Kier alpha value is -2.75. The highest BCUT2D eigenvalue weighted by molar-refractivity contribution is 7.80. The number of halogens is 1. The first kappa shape index (κ1) is 25.3. The van der Waals surface area contributed by atoms with E-state index >= 15 is 0 Å². The van der Waals surface area contributed by atoms with Crippen molar-refractivity contribution in [1.29, 1.82) is 0 Å². The van der Waals surface area contributed by atoms with Crippen LogP contribution in [-0.2, 0) is 20.7 Å². The van der Waals surface area contributed by atoms with Gasteiger partial charge in [-0.1, -0.05) is 6.92 Å². The largest absolute Gasteiger partial charge is 0.494 e. The minimum absolute atomic E-state index is 0.0770. The van der Waals surface area contributed by atoms with Crippen LogP contribution in [-0.4, -0.2) is 44.2 Å². The monoisotopic (exact) mass is 501 g/mol. The predicted octanol–water partition coefficient (Wildman–Crippen LogP) is 5.10. The van der Waals surface area contributed by atoms with E-state index < -0.39 is 0 Å². The SMILES string of the molecule is COc1cc2c(cc1NC(=S)Nc1ccc(F)cc1)CCC(C)C(=O)N2CCOC1CCCCO1. The highest BCUT2D eigenvalue weighted by Gasteiger charge is 2.29. The van der Waals surface area contributed by atoms with Crippen molar-refractivity contribution in [2.24, 2.45) is 5.92 Å². The van der Waals surface area contributed by atoms with E-state index in [1.807, 2.05) is 19.1 Å². The van der Waals surface area contributed by atoms with E-state index in [2.05, 4.69) is 10.6 Å². The number of amides is 1. The molecule has 1 fully saturated rings. The van der Waals surface area contributed by atoms with Gasteiger partial charge in [-0.15, -0.1) is 0 Å².